The van der Waals surface area contributed by atoms with Crippen molar-refractivity contribution in [2.45, 2.75) is 25.1 Å². The summed E-state index contributed by atoms with van der Waals surface area (Å²) in [6.45, 7) is 0.826. The number of nitrogens with zero attached hydrogens (tertiary/aromatic N) is 2. The fourth-order valence-corrected chi connectivity index (χ4v) is 3.38. The molecule has 1 aromatic carbocycles. The van der Waals surface area contributed by atoms with Gasteiger partial charge in [-0.05, 0) is 43.7 Å². The third-order valence-corrected chi connectivity index (χ3v) is 4.54. The first-order chi connectivity index (χ1) is 11.9. The van der Waals surface area contributed by atoms with Crippen LogP contribution in [0.3, 0.4) is 0 Å². The molecule has 0 unspecified atom stereocenters. The van der Waals surface area contributed by atoms with Crippen LogP contribution in [-0.2, 0) is 18.0 Å². The summed E-state index contributed by atoms with van der Waals surface area (Å²) in [7, 11) is 1.95. The van der Waals surface area contributed by atoms with Crippen LogP contribution in [0, 0.1) is 0 Å². The first-order valence-electron chi connectivity index (χ1n) is 8.17. The van der Waals surface area contributed by atoms with Gasteiger partial charge in [0.25, 0.3) is 0 Å². The molecule has 1 aromatic heterocycles. The molecule has 0 bridgehead atoms. The Morgan fingerprint density at radius 3 is 2.68 bits per heavy atom. The van der Waals surface area contributed by atoms with Gasteiger partial charge in [-0.3, -0.25) is 9.69 Å². The van der Waals surface area contributed by atoms with Gasteiger partial charge in [0.1, 0.15) is 0 Å². The second-order valence-electron chi connectivity index (χ2n) is 6.26. The Balaban J connectivity index is 1.70. The second kappa shape index (κ2) is 6.92. The summed E-state index contributed by atoms with van der Waals surface area (Å²) in [6.07, 6.45) is -0.652. The number of nitrogens with one attached hydrogen (secondary N) is 1. The fourth-order valence-electron chi connectivity index (χ4n) is 3.38. The van der Waals surface area contributed by atoms with Gasteiger partial charge < -0.3 is 9.88 Å². The highest BCUT2D eigenvalue weighted by Gasteiger charge is 2.34. The summed E-state index contributed by atoms with van der Waals surface area (Å²) in [4.78, 5) is 14.3. The molecule has 134 valence electrons. The number of hydrogen-bond donors (Lipinski definition) is 1. The monoisotopic (exact) mass is 351 g/mol. The van der Waals surface area contributed by atoms with Gasteiger partial charge in [-0.1, -0.05) is 12.1 Å². The molecule has 2 heterocycles. The predicted molar refractivity (Wildman–Crippen MR) is 89.0 cm³/mol. The zero-order chi connectivity index (χ0) is 18.0. The lowest BCUT2D eigenvalue weighted by Gasteiger charge is -2.24. The van der Waals surface area contributed by atoms with Crippen molar-refractivity contribution < 1.29 is 18.0 Å². The third kappa shape index (κ3) is 3.87. The van der Waals surface area contributed by atoms with E-state index in [1.54, 1.807) is 0 Å². The van der Waals surface area contributed by atoms with E-state index in [0.717, 1.165) is 31.1 Å². The minimum absolute atomic E-state index is 0.0715. The van der Waals surface area contributed by atoms with Crippen LogP contribution < -0.4 is 5.32 Å². The van der Waals surface area contributed by atoms with Crippen LogP contribution in [0.15, 0.2) is 42.6 Å². The van der Waals surface area contributed by atoms with Crippen molar-refractivity contribution in [3.63, 3.8) is 0 Å². The Morgan fingerprint density at radius 1 is 1.24 bits per heavy atom. The average molecular weight is 351 g/mol. The molecule has 1 fully saturated rings. The quantitative estimate of drug-likeness (QED) is 0.909. The van der Waals surface area contributed by atoms with E-state index in [9.17, 15) is 18.0 Å². The van der Waals surface area contributed by atoms with E-state index in [-0.39, 0.29) is 18.3 Å². The summed E-state index contributed by atoms with van der Waals surface area (Å²) in [5, 5.41) is 2.42. The fraction of sp³-hybridized carbons (Fsp3) is 0.389. The standard InChI is InChI=1S/C18H20F3N3O/c1-23-10-4-8-15(23)16-9-5-11-24(16)12-17(25)22-14-7-3-2-6-13(14)18(19,20)21/h2-4,6-8,10,16H,5,9,11-12H2,1H3,(H,22,25)/t16-/m1/s1. The maximum atomic E-state index is 13.0. The molecule has 0 radical (unpaired) electrons. The van der Waals surface area contributed by atoms with Crippen molar-refractivity contribution in [2.75, 3.05) is 18.4 Å². The average Bonchev–Trinajstić information content (AvgIpc) is 3.15. The van der Waals surface area contributed by atoms with Gasteiger partial charge in [-0.25, -0.2) is 0 Å². The topological polar surface area (TPSA) is 37.3 Å². The summed E-state index contributed by atoms with van der Waals surface area (Å²) in [5.41, 5.74) is 0.0827. The lowest BCUT2D eigenvalue weighted by atomic mass is 10.1. The molecule has 3 rings (SSSR count). The molecule has 4 nitrogen and oxygen atoms in total. The molecule has 0 spiro atoms. The van der Waals surface area contributed by atoms with Gasteiger partial charge in [-0.2, -0.15) is 13.2 Å². The van der Waals surface area contributed by atoms with Crippen molar-refractivity contribution in [1.29, 1.82) is 0 Å². The van der Waals surface area contributed by atoms with Crippen molar-refractivity contribution >= 4 is 11.6 Å². The number of carbonyl (C=O) groups is 1. The Labute approximate surface area is 144 Å². The summed E-state index contributed by atoms with van der Waals surface area (Å²) < 4.78 is 41.1. The molecule has 1 N–H and O–H groups in total. The van der Waals surface area contributed by atoms with Crippen LogP contribution >= 0.6 is 0 Å². The smallest absolute Gasteiger partial charge is 0.353 e. The molecule has 25 heavy (non-hydrogen) atoms. The molecular formula is C18H20F3N3O. The van der Waals surface area contributed by atoms with E-state index in [1.807, 2.05) is 34.8 Å². The van der Waals surface area contributed by atoms with Gasteiger partial charge in [-0.15, -0.1) is 0 Å². The van der Waals surface area contributed by atoms with Gasteiger partial charge in [0, 0.05) is 18.9 Å². The number of carbonyl (C=O) groups excluding carboxylic acids is 1. The van der Waals surface area contributed by atoms with Crippen molar-refractivity contribution in [3.05, 3.63) is 53.9 Å². The first kappa shape index (κ1) is 17.5. The van der Waals surface area contributed by atoms with Crippen molar-refractivity contribution in [3.8, 4) is 0 Å². The molecule has 0 saturated carbocycles. The molecule has 1 aliphatic heterocycles. The maximum absolute atomic E-state index is 13.0. The number of rotatable bonds is 4. The van der Waals surface area contributed by atoms with E-state index in [2.05, 4.69) is 5.32 Å². The lowest BCUT2D eigenvalue weighted by molar-refractivity contribution is -0.137. The summed E-state index contributed by atoms with van der Waals surface area (Å²) in [5.74, 6) is -0.433. The van der Waals surface area contributed by atoms with E-state index < -0.39 is 17.6 Å². The number of aryl methyl sites for hydroxylation is 1. The number of likely N-dealkylation sites (tertiary alicyclic amines) is 1. The molecule has 1 atom stereocenters. The number of aromatic nitrogens is 1. The van der Waals surface area contributed by atoms with E-state index >= 15 is 0 Å². The number of amides is 1. The van der Waals surface area contributed by atoms with Crippen LogP contribution in [0.1, 0.15) is 30.1 Å². The van der Waals surface area contributed by atoms with Crippen LogP contribution in [0.2, 0.25) is 0 Å². The normalized spacial score (nSPS) is 18.5. The zero-order valence-corrected chi connectivity index (χ0v) is 13.9. The summed E-state index contributed by atoms with van der Waals surface area (Å²) in [6, 6.07) is 9.12. The number of para-hydroxylation sites is 1. The first-order valence-corrected chi connectivity index (χ1v) is 8.17. The van der Waals surface area contributed by atoms with E-state index in [1.165, 1.54) is 18.2 Å². The van der Waals surface area contributed by atoms with E-state index in [4.69, 9.17) is 0 Å². The zero-order valence-electron chi connectivity index (χ0n) is 13.9. The van der Waals surface area contributed by atoms with Crippen LogP contribution in [0.25, 0.3) is 0 Å². The molecule has 1 aliphatic rings. The molecule has 1 amide bonds. The van der Waals surface area contributed by atoms with E-state index in [0.29, 0.717) is 0 Å². The molecular weight excluding hydrogens is 331 g/mol. The lowest BCUT2D eigenvalue weighted by Crippen LogP contribution is -2.33. The minimum atomic E-state index is -4.50. The molecule has 2 aromatic rings. The number of benzene rings is 1. The molecule has 1 saturated heterocycles. The molecule has 7 heteroatoms. The second-order valence-corrected chi connectivity index (χ2v) is 6.26. The summed E-state index contributed by atoms with van der Waals surface area (Å²) >= 11 is 0. The Bertz CT molecular complexity index is 754. The number of halogens is 3. The van der Waals surface area contributed by atoms with Gasteiger partial charge in [0.15, 0.2) is 0 Å². The maximum Gasteiger partial charge on any atom is 0.418 e. The highest BCUT2D eigenvalue weighted by Crippen LogP contribution is 2.35. The number of alkyl halides is 3. The van der Waals surface area contributed by atoms with Crippen LogP contribution in [0.5, 0.6) is 0 Å². The van der Waals surface area contributed by atoms with Gasteiger partial charge >= 0.3 is 6.18 Å². The van der Waals surface area contributed by atoms with Crippen molar-refractivity contribution in [1.82, 2.24) is 9.47 Å². The number of anilines is 1. The largest absolute Gasteiger partial charge is 0.418 e. The Morgan fingerprint density at radius 2 is 2.00 bits per heavy atom. The van der Waals surface area contributed by atoms with Crippen LogP contribution in [-0.4, -0.2) is 28.5 Å². The molecule has 0 aliphatic carbocycles. The highest BCUT2D eigenvalue weighted by molar-refractivity contribution is 5.93. The van der Waals surface area contributed by atoms with Gasteiger partial charge in [0.2, 0.25) is 5.91 Å². The highest BCUT2D eigenvalue weighted by atomic mass is 19.4. The Hall–Kier alpha value is -2.28. The third-order valence-electron chi connectivity index (χ3n) is 4.54. The van der Waals surface area contributed by atoms with Gasteiger partial charge in [0.05, 0.1) is 23.8 Å². The minimum Gasteiger partial charge on any atom is -0.353 e. The van der Waals surface area contributed by atoms with Crippen molar-refractivity contribution in [2.24, 2.45) is 7.05 Å². The SMILES string of the molecule is Cn1cccc1[C@H]1CCCN1CC(=O)Nc1ccccc1C(F)(F)F. The number of hydrogen-bond acceptors (Lipinski definition) is 2. The van der Waals surface area contributed by atoms with Crippen LogP contribution in [0.4, 0.5) is 18.9 Å². The predicted octanol–water partition coefficient (Wildman–Crippen LogP) is 3.82. The Kier molecular flexibility index (Phi) is 4.85.